The molecule has 8 nitrogen and oxygen atoms in total. The van der Waals surface area contributed by atoms with Crippen molar-refractivity contribution >= 4 is 29.8 Å². The standard InChI is InChI=1S/C16H16N6O2S/c23-14(17-10-13-7-4-8-24-13)11-25-16-19-15(21-22-16)20-18-9-12-5-2-1-3-6-12/h1-9H,10-11H2,(H,17,23)(H2,19,20,21,22)/b18-9-. The van der Waals surface area contributed by atoms with Crippen LogP contribution in [0.3, 0.4) is 0 Å². The van der Waals surface area contributed by atoms with Gasteiger partial charge in [0.05, 0.1) is 24.8 Å². The molecule has 0 atom stereocenters. The van der Waals surface area contributed by atoms with Crippen molar-refractivity contribution < 1.29 is 9.21 Å². The van der Waals surface area contributed by atoms with Crippen molar-refractivity contribution in [3.05, 3.63) is 60.1 Å². The number of anilines is 1. The van der Waals surface area contributed by atoms with E-state index in [0.717, 1.165) is 5.56 Å². The molecule has 128 valence electrons. The maximum atomic E-state index is 11.8. The fraction of sp³-hybridized carbons (Fsp3) is 0.125. The zero-order chi connectivity index (χ0) is 17.3. The Morgan fingerprint density at radius 3 is 2.96 bits per heavy atom. The fourth-order valence-electron chi connectivity index (χ4n) is 1.85. The molecule has 3 rings (SSSR count). The second-order valence-electron chi connectivity index (χ2n) is 4.89. The molecule has 0 aliphatic carbocycles. The van der Waals surface area contributed by atoms with Gasteiger partial charge in [-0.05, 0) is 17.7 Å². The predicted molar refractivity (Wildman–Crippen MR) is 95.3 cm³/mol. The molecule has 0 saturated heterocycles. The Bertz CT molecular complexity index is 816. The number of aromatic nitrogens is 3. The number of H-pyrrole nitrogens is 1. The third-order valence-corrected chi connectivity index (χ3v) is 3.87. The highest BCUT2D eigenvalue weighted by atomic mass is 32.2. The van der Waals surface area contributed by atoms with Gasteiger partial charge in [-0.2, -0.15) is 10.1 Å². The second-order valence-corrected chi connectivity index (χ2v) is 5.83. The number of carbonyl (C=O) groups excluding carboxylic acids is 1. The molecule has 0 aliphatic heterocycles. The van der Waals surface area contributed by atoms with Gasteiger partial charge in [-0.25, -0.2) is 10.5 Å². The minimum absolute atomic E-state index is 0.122. The van der Waals surface area contributed by atoms with Gasteiger partial charge in [0.2, 0.25) is 17.0 Å². The summed E-state index contributed by atoms with van der Waals surface area (Å²) in [5.74, 6) is 1.21. The van der Waals surface area contributed by atoms with Crippen LogP contribution in [0.5, 0.6) is 0 Å². The van der Waals surface area contributed by atoms with E-state index in [1.165, 1.54) is 11.8 Å². The van der Waals surface area contributed by atoms with Crippen LogP contribution in [-0.2, 0) is 11.3 Å². The predicted octanol–water partition coefficient (Wildman–Crippen LogP) is 2.25. The molecule has 3 aromatic rings. The third-order valence-electron chi connectivity index (χ3n) is 3.02. The Hall–Kier alpha value is -3.07. The lowest BCUT2D eigenvalue weighted by Crippen LogP contribution is -2.24. The first-order valence-electron chi connectivity index (χ1n) is 7.48. The molecule has 0 aliphatic rings. The molecule has 0 fully saturated rings. The number of hydrazone groups is 1. The molecule has 3 N–H and O–H groups in total. The number of rotatable bonds is 8. The number of nitrogens with one attached hydrogen (secondary N) is 3. The summed E-state index contributed by atoms with van der Waals surface area (Å²) in [6.07, 6.45) is 3.25. The summed E-state index contributed by atoms with van der Waals surface area (Å²) >= 11 is 1.23. The quantitative estimate of drug-likeness (QED) is 0.324. The van der Waals surface area contributed by atoms with Crippen LogP contribution in [-0.4, -0.2) is 33.1 Å². The number of nitrogens with zero attached hydrogens (tertiary/aromatic N) is 3. The van der Waals surface area contributed by atoms with Gasteiger partial charge in [0, 0.05) is 0 Å². The number of amides is 1. The first-order valence-corrected chi connectivity index (χ1v) is 8.46. The Kier molecular flexibility index (Phi) is 5.83. The molecular weight excluding hydrogens is 340 g/mol. The maximum absolute atomic E-state index is 11.8. The average molecular weight is 356 g/mol. The number of hydrogen-bond donors (Lipinski definition) is 3. The first-order chi connectivity index (χ1) is 12.3. The van der Waals surface area contributed by atoms with Gasteiger partial charge in [0.1, 0.15) is 5.76 Å². The van der Waals surface area contributed by atoms with Crippen LogP contribution >= 0.6 is 11.8 Å². The summed E-state index contributed by atoms with van der Waals surface area (Å²) in [7, 11) is 0. The highest BCUT2D eigenvalue weighted by Crippen LogP contribution is 2.13. The molecule has 25 heavy (non-hydrogen) atoms. The van der Waals surface area contributed by atoms with Crippen molar-refractivity contribution in [1.82, 2.24) is 20.5 Å². The van der Waals surface area contributed by atoms with Crippen molar-refractivity contribution in [2.75, 3.05) is 11.2 Å². The van der Waals surface area contributed by atoms with E-state index in [1.54, 1.807) is 24.6 Å². The zero-order valence-corrected chi connectivity index (χ0v) is 14.0. The molecular formula is C16H16N6O2S. The van der Waals surface area contributed by atoms with Crippen molar-refractivity contribution in [3.8, 4) is 0 Å². The molecule has 0 bridgehead atoms. The van der Waals surface area contributed by atoms with Crippen molar-refractivity contribution in [2.45, 2.75) is 11.7 Å². The third kappa shape index (κ3) is 5.50. The second kappa shape index (κ2) is 8.69. The van der Waals surface area contributed by atoms with Gasteiger partial charge < -0.3 is 9.73 Å². The number of thioether (sulfide) groups is 1. The average Bonchev–Trinajstić information content (AvgIpc) is 3.31. The van der Waals surface area contributed by atoms with E-state index in [4.69, 9.17) is 4.42 Å². The lowest BCUT2D eigenvalue weighted by molar-refractivity contribution is -0.118. The Labute approximate surface area is 148 Å². The van der Waals surface area contributed by atoms with Crippen LogP contribution in [0.2, 0.25) is 0 Å². The summed E-state index contributed by atoms with van der Waals surface area (Å²) in [4.78, 5) is 16.0. The normalized spacial score (nSPS) is 10.9. The summed E-state index contributed by atoms with van der Waals surface area (Å²) in [6, 6.07) is 13.3. The summed E-state index contributed by atoms with van der Waals surface area (Å²) < 4.78 is 5.15. The lowest BCUT2D eigenvalue weighted by Gasteiger charge is -2.01. The molecule has 9 heteroatoms. The number of benzene rings is 1. The molecule has 0 saturated carbocycles. The maximum Gasteiger partial charge on any atom is 0.240 e. The van der Waals surface area contributed by atoms with E-state index in [-0.39, 0.29) is 11.7 Å². The highest BCUT2D eigenvalue weighted by Gasteiger charge is 2.07. The van der Waals surface area contributed by atoms with Crippen LogP contribution < -0.4 is 10.7 Å². The molecule has 0 spiro atoms. The Morgan fingerprint density at radius 1 is 1.28 bits per heavy atom. The van der Waals surface area contributed by atoms with E-state index in [1.807, 2.05) is 30.3 Å². The lowest BCUT2D eigenvalue weighted by atomic mass is 10.2. The van der Waals surface area contributed by atoms with Crippen LogP contribution in [0.1, 0.15) is 11.3 Å². The smallest absolute Gasteiger partial charge is 0.240 e. The number of furan rings is 1. The van der Waals surface area contributed by atoms with E-state index in [9.17, 15) is 4.79 Å². The Balaban J connectivity index is 1.40. The molecule has 0 unspecified atom stereocenters. The zero-order valence-electron chi connectivity index (χ0n) is 13.2. The van der Waals surface area contributed by atoms with E-state index < -0.39 is 0 Å². The number of aromatic amines is 1. The fourth-order valence-corrected chi connectivity index (χ4v) is 2.48. The Morgan fingerprint density at radius 2 is 2.16 bits per heavy atom. The minimum atomic E-state index is -0.122. The number of hydrogen-bond acceptors (Lipinski definition) is 7. The molecule has 1 amide bonds. The van der Waals surface area contributed by atoms with Crippen molar-refractivity contribution in [3.63, 3.8) is 0 Å². The van der Waals surface area contributed by atoms with Gasteiger partial charge in [0.25, 0.3) is 0 Å². The summed E-state index contributed by atoms with van der Waals surface area (Å²) in [5.41, 5.74) is 3.73. The van der Waals surface area contributed by atoms with Crippen LogP contribution in [0, 0.1) is 0 Å². The van der Waals surface area contributed by atoms with Gasteiger partial charge >= 0.3 is 0 Å². The van der Waals surface area contributed by atoms with E-state index in [0.29, 0.717) is 23.4 Å². The van der Waals surface area contributed by atoms with Crippen molar-refractivity contribution in [1.29, 1.82) is 0 Å². The molecule has 2 heterocycles. The molecule has 0 radical (unpaired) electrons. The van der Waals surface area contributed by atoms with Crippen molar-refractivity contribution in [2.24, 2.45) is 5.10 Å². The monoisotopic (exact) mass is 356 g/mol. The van der Waals surface area contributed by atoms with Gasteiger partial charge in [0.15, 0.2) is 0 Å². The molecule has 1 aromatic carbocycles. The van der Waals surface area contributed by atoms with Crippen LogP contribution in [0.4, 0.5) is 5.95 Å². The summed E-state index contributed by atoms with van der Waals surface area (Å²) in [6.45, 7) is 0.362. The van der Waals surface area contributed by atoms with Gasteiger partial charge in [-0.15, -0.1) is 5.10 Å². The minimum Gasteiger partial charge on any atom is -0.467 e. The van der Waals surface area contributed by atoms with E-state index in [2.05, 4.69) is 31.0 Å². The number of carbonyl (C=O) groups is 1. The molecule has 2 aromatic heterocycles. The first kappa shape index (κ1) is 16.8. The SMILES string of the molecule is O=C(CSc1n[nH]c(N/N=C\c2ccccc2)n1)NCc1ccco1. The largest absolute Gasteiger partial charge is 0.467 e. The topological polar surface area (TPSA) is 108 Å². The van der Waals surface area contributed by atoms with Crippen LogP contribution in [0.25, 0.3) is 0 Å². The highest BCUT2D eigenvalue weighted by molar-refractivity contribution is 7.99. The van der Waals surface area contributed by atoms with Gasteiger partial charge in [-0.3, -0.25) is 4.79 Å². The summed E-state index contributed by atoms with van der Waals surface area (Å²) in [5, 5.41) is 14.0. The van der Waals surface area contributed by atoms with Gasteiger partial charge in [-0.1, -0.05) is 42.1 Å². The van der Waals surface area contributed by atoms with Crippen LogP contribution in [0.15, 0.2) is 63.4 Å². The van der Waals surface area contributed by atoms with E-state index >= 15 is 0 Å².